The fraction of sp³-hybridized carbons (Fsp3) is 0.818. The van der Waals surface area contributed by atoms with Crippen molar-refractivity contribution in [3.63, 3.8) is 0 Å². The number of Topliss-reactive ketones (excluding diaryl/α,β-unsaturated/α-hetero) is 1. The lowest BCUT2D eigenvalue weighted by Gasteiger charge is -2.30. The molecular formula is C11H20N2O2. The van der Waals surface area contributed by atoms with Crippen molar-refractivity contribution >= 4 is 11.7 Å². The normalized spacial score (nSPS) is 22.6. The molecule has 1 fully saturated rings. The molecule has 1 atom stereocenters. The second-order valence-corrected chi connectivity index (χ2v) is 4.27. The molecule has 0 radical (unpaired) electrons. The molecule has 1 saturated heterocycles. The first-order valence-electron chi connectivity index (χ1n) is 5.66. The van der Waals surface area contributed by atoms with E-state index in [1.54, 1.807) is 0 Å². The lowest BCUT2D eigenvalue weighted by Crippen LogP contribution is -2.43. The number of hydrogen-bond acceptors (Lipinski definition) is 3. The summed E-state index contributed by atoms with van der Waals surface area (Å²) >= 11 is 0. The summed E-state index contributed by atoms with van der Waals surface area (Å²) in [5, 5.41) is 0. The van der Waals surface area contributed by atoms with Crippen molar-refractivity contribution in [3.8, 4) is 0 Å². The Balaban J connectivity index is 2.36. The molecule has 4 nitrogen and oxygen atoms in total. The Kier molecular flexibility index (Phi) is 4.75. The minimum Gasteiger partial charge on any atom is -0.369 e. The van der Waals surface area contributed by atoms with Gasteiger partial charge in [0.1, 0.15) is 5.78 Å². The summed E-state index contributed by atoms with van der Waals surface area (Å²) in [4.78, 5) is 24.5. The molecule has 0 aliphatic carbocycles. The number of nitrogens with two attached hydrogens (primary N) is 1. The largest absolute Gasteiger partial charge is 0.369 e. The number of nitrogens with zero attached hydrogens (tertiary/aromatic N) is 1. The molecule has 0 saturated carbocycles. The van der Waals surface area contributed by atoms with E-state index in [0.717, 1.165) is 25.8 Å². The average Bonchev–Trinajstić information content (AvgIpc) is 2.18. The molecule has 0 spiro atoms. The molecule has 0 aromatic rings. The number of likely N-dealkylation sites (tertiary alicyclic amines) is 1. The van der Waals surface area contributed by atoms with Gasteiger partial charge in [0.25, 0.3) is 0 Å². The van der Waals surface area contributed by atoms with E-state index in [1.165, 1.54) is 0 Å². The van der Waals surface area contributed by atoms with E-state index in [0.29, 0.717) is 19.5 Å². The molecule has 1 heterocycles. The van der Waals surface area contributed by atoms with Crippen molar-refractivity contribution in [1.82, 2.24) is 4.90 Å². The lowest BCUT2D eigenvalue weighted by atomic mass is 9.97. The summed E-state index contributed by atoms with van der Waals surface area (Å²) in [6.07, 6.45) is 3.37. The highest BCUT2D eigenvalue weighted by atomic mass is 16.1. The van der Waals surface area contributed by atoms with Gasteiger partial charge in [0, 0.05) is 13.0 Å². The van der Waals surface area contributed by atoms with Crippen LogP contribution in [-0.4, -0.2) is 36.2 Å². The van der Waals surface area contributed by atoms with E-state index in [4.69, 9.17) is 5.73 Å². The summed E-state index contributed by atoms with van der Waals surface area (Å²) in [7, 11) is 0. The summed E-state index contributed by atoms with van der Waals surface area (Å²) in [5.74, 6) is -0.0292. The van der Waals surface area contributed by atoms with E-state index in [1.807, 2.05) is 6.92 Å². The monoisotopic (exact) mass is 212 g/mol. The fourth-order valence-corrected chi connectivity index (χ4v) is 2.04. The Morgan fingerprint density at radius 1 is 1.47 bits per heavy atom. The van der Waals surface area contributed by atoms with Crippen LogP contribution < -0.4 is 5.73 Å². The second-order valence-electron chi connectivity index (χ2n) is 4.27. The van der Waals surface area contributed by atoms with Crippen molar-refractivity contribution < 1.29 is 9.59 Å². The summed E-state index contributed by atoms with van der Waals surface area (Å²) in [5.41, 5.74) is 5.27. The Labute approximate surface area is 90.8 Å². The number of amides is 1. The molecule has 0 aromatic carbocycles. The average molecular weight is 212 g/mol. The maximum atomic E-state index is 11.4. The molecule has 1 rings (SSSR count). The lowest BCUT2D eigenvalue weighted by molar-refractivity contribution is -0.126. The highest BCUT2D eigenvalue weighted by Crippen LogP contribution is 2.15. The predicted octanol–water partition coefficient (Wildman–Crippen LogP) is 0.553. The van der Waals surface area contributed by atoms with Crippen molar-refractivity contribution in [1.29, 1.82) is 0 Å². The van der Waals surface area contributed by atoms with Gasteiger partial charge in [-0.1, -0.05) is 6.92 Å². The van der Waals surface area contributed by atoms with Gasteiger partial charge in [0.15, 0.2) is 0 Å². The van der Waals surface area contributed by atoms with Gasteiger partial charge in [-0.2, -0.15) is 0 Å². The highest BCUT2D eigenvalue weighted by molar-refractivity contribution is 5.80. The number of hydrogen-bond donors (Lipinski definition) is 1. The maximum Gasteiger partial charge on any atom is 0.221 e. The van der Waals surface area contributed by atoms with Crippen molar-refractivity contribution in [2.75, 3.05) is 19.6 Å². The van der Waals surface area contributed by atoms with E-state index < -0.39 is 0 Å². The Bertz CT molecular complexity index is 241. The van der Waals surface area contributed by atoms with Crippen molar-refractivity contribution in [2.45, 2.75) is 32.6 Å². The number of ketones is 1. The van der Waals surface area contributed by atoms with E-state index in [-0.39, 0.29) is 17.6 Å². The number of carbonyl (C=O) groups excluding carboxylic acids is 2. The smallest absolute Gasteiger partial charge is 0.221 e. The van der Waals surface area contributed by atoms with Gasteiger partial charge in [0.2, 0.25) is 5.91 Å². The molecule has 1 aliphatic rings. The first-order valence-corrected chi connectivity index (χ1v) is 5.66. The number of primary amides is 1. The van der Waals surface area contributed by atoms with E-state index in [9.17, 15) is 9.59 Å². The minimum absolute atomic E-state index is 0.0619. The summed E-state index contributed by atoms with van der Waals surface area (Å²) in [6.45, 7) is 4.06. The van der Waals surface area contributed by atoms with Gasteiger partial charge in [0.05, 0.1) is 12.5 Å². The highest BCUT2D eigenvalue weighted by Gasteiger charge is 2.24. The predicted molar refractivity (Wildman–Crippen MR) is 58.3 cm³/mol. The SMILES string of the molecule is CCCC(=O)CN1CCCC(C(N)=O)C1. The minimum atomic E-state index is -0.234. The Morgan fingerprint density at radius 3 is 2.80 bits per heavy atom. The zero-order chi connectivity index (χ0) is 11.3. The first kappa shape index (κ1) is 12.2. The first-order chi connectivity index (χ1) is 7.13. The van der Waals surface area contributed by atoms with Crippen LogP contribution in [0.4, 0.5) is 0 Å². The zero-order valence-electron chi connectivity index (χ0n) is 9.37. The molecule has 1 unspecified atom stereocenters. The zero-order valence-corrected chi connectivity index (χ0v) is 9.37. The second kappa shape index (κ2) is 5.85. The summed E-state index contributed by atoms with van der Waals surface area (Å²) in [6, 6.07) is 0. The van der Waals surface area contributed by atoms with Crippen LogP contribution in [0.3, 0.4) is 0 Å². The molecule has 0 bridgehead atoms. The molecule has 1 amide bonds. The van der Waals surface area contributed by atoms with Gasteiger partial charge in [-0.25, -0.2) is 0 Å². The number of carbonyl (C=O) groups is 2. The van der Waals surface area contributed by atoms with Gasteiger partial charge in [-0.05, 0) is 25.8 Å². The Morgan fingerprint density at radius 2 is 2.20 bits per heavy atom. The molecule has 4 heteroatoms. The van der Waals surface area contributed by atoms with Crippen LogP contribution in [0.2, 0.25) is 0 Å². The van der Waals surface area contributed by atoms with E-state index in [2.05, 4.69) is 4.90 Å². The topological polar surface area (TPSA) is 63.4 Å². The van der Waals surface area contributed by atoms with Gasteiger partial charge >= 0.3 is 0 Å². The van der Waals surface area contributed by atoms with Crippen LogP contribution in [0.5, 0.6) is 0 Å². The standard InChI is InChI=1S/C11H20N2O2/c1-2-4-10(14)8-13-6-3-5-9(7-13)11(12)15/h9H,2-8H2,1H3,(H2,12,15). The molecule has 15 heavy (non-hydrogen) atoms. The van der Waals surface area contributed by atoms with Gasteiger partial charge < -0.3 is 5.73 Å². The van der Waals surface area contributed by atoms with Crippen molar-refractivity contribution in [2.24, 2.45) is 11.7 Å². The third-order valence-corrected chi connectivity index (χ3v) is 2.84. The number of rotatable bonds is 5. The van der Waals surface area contributed by atoms with Crippen LogP contribution in [0, 0.1) is 5.92 Å². The van der Waals surface area contributed by atoms with Crippen LogP contribution in [0.1, 0.15) is 32.6 Å². The van der Waals surface area contributed by atoms with Crippen LogP contribution in [0.15, 0.2) is 0 Å². The van der Waals surface area contributed by atoms with Gasteiger partial charge in [-0.15, -0.1) is 0 Å². The van der Waals surface area contributed by atoms with E-state index >= 15 is 0 Å². The van der Waals surface area contributed by atoms with Crippen LogP contribution in [0.25, 0.3) is 0 Å². The number of piperidine rings is 1. The third-order valence-electron chi connectivity index (χ3n) is 2.84. The quantitative estimate of drug-likeness (QED) is 0.724. The van der Waals surface area contributed by atoms with Gasteiger partial charge in [-0.3, -0.25) is 14.5 Å². The van der Waals surface area contributed by atoms with Crippen molar-refractivity contribution in [3.05, 3.63) is 0 Å². The maximum absolute atomic E-state index is 11.4. The molecule has 86 valence electrons. The Hall–Kier alpha value is -0.900. The molecular weight excluding hydrogens is 192 g/mol. The van der Waals surface area contributed by atoms with Crippen LogP contribution in [-0.2, 0) is 9.59 Å². The van der Waals surface area contributed by atoms with Crippen LogP contribution >= 0.6 is 0 Å². The molecule has 0 aromatic heterocycles. The third kappa shape index (κ3) is 4.00. The molecule has 2 N–H and O–H groups in total. The summed E-state index contributed by atoms with van der Waals surface area (Å²) < 4.78 is 0. The fourth-order valence-electron chi connectivity index (χ4n) is 2.04. The molecule has 1 aliphatic heterocycles.